The predicted molar refractivity (Wildman–Crippen MR) is 96.7 cm³/mol. The van der Waals surface area contributed by atoms with Gasteiger partial charge in [0, 0.05) is 11.5 Å². The number of rotatable bonds is 7. The average Bonchev–Trinajstić information content (AvgIpc) is 2.57. The molecule has 0 saturated carbocycles. The Morgan fingerprint density at radius 1 is 1.35 bits per heavy atom. The molecule has 0 aliphatic heterocycles. The number of carbonyl (C=O) groups is 2. The van der Waals surface area contributed by atoms with Gasteiger partial charge in [0.05, 0.1) is 17.0 Å². The molecule has 0 saturated heterocycles. The third-order valence-corrected chi connectivity index (χ3v) is 4.47. The summed E-state index contributed by atoms with van der Waals surface area (Å²) in [4.78, 5) is 35.7. The second-order valence-corrected chi connectivity index (χ2v) is 6.48. The highest BCUT2D eigenvalue weighted by Gasteiger charge is 2.22. The van der Waals surface area contributed by atoms with Crippen molar-refractivity contribution in [3.8, 4) is 5.75 Å². The highest BCUT2D eigenvalue weighted by atomic mass is 35.5. The van der Waals surface area contributed by atoms with Crippen LogP contribution in [0.1, 0.15) is 37.3 Å². The molecule has 140 valence electrons. The minimum Gasteiger partial charge on any atom is -0.506 e. The van der Waals surface area contributed by atoms with E-state index in [1.165, 1.54) is 12.1 Å². The van der Waals surface area contributed by atoms with Gasteiger partial charge in [0.15, 0.2) is 0 Å². The summed E-state index contributed by atoms with van der Waals surface area (Å²) in [5.41, 5.74) is 0.0577. The average molecular weight is 382 g/mol. The zero-order valence-electron chi connectivity index (χ0n) is 14.5. The van der Waals surface area contributed by atoms with Crippen molar-refractivity contribution in [2.24, 2.45) is 0 Å². The van der Waals surface area contributed by atoms with Gasteiger partial charge in [0.25, 0.3) is 0 Å². The van der Waals surface area contributed by atoms with Gasteiger partial charge in [-0.3, -0.25) is 4.79 Å². The number of benzene rings is 1. The smallest absolute Gasteiger partial charge is 0.340 e. The van der Waals surface area contributed by atoms with Crippen LogP contribution in [-0.4, -0.2) is 28.1 Å². The Kier molecular flexibility index (Phi) is 6.26. The molecule has 2 aromatic rings. The van der Waals surface area contributed by atoms with Crippen LogP contribution >= 0.6 is 11.6 Å². The molecule has 1 aromatic carbocycles. The number of halogens is 1. The number of amides is 1. The number of fused-ring (bicyclic) bond motifs is 1. The van der Waals surface area contributed by atoms with E-state index in [1.807, 2.05) is 6.92 Å². The SMILES string of the molecule is CCCC[C@@H](NC(=O)Cc1c(C)c2cc(Cl)c(O)cc2oc1=O)C(=O)O. The van der Waals surface area contributed by atoms with Gasteiger partial charge in [0.2, 0.25) is 5.91 Å². The van der Waals surface area contributed by atoms with Crippen LogP contribution in [0.5, 0.6) is 5.75 Å². The van der Waals surface area contributed by atoms with E-state index in [9.17, 15) is 24.6 Å². The summed E-state index contributed by atoms with van der Waals surface area (Å²) in [5, 5.41) is 21.8. The normalized spacial score (nSPS) is 12.1. The fourth-order valence-electron chi connectivity index (χ4n) is 2.67. The summed E-state index contributed by atoms with van der Waals surface area (Å²) < 4.78 is 5.16. The maximum absolute atomic E-state index is 12.2. The third kappa shape index (κ3) is 4.35. The van der Waals surface area contributed by atoms with Crippen LogP contribution in [0, 0.1) is 6.92 Å². The van der Waals surface area contributed by atoms with Crippen LogP contribution in [-0.2, 0) is 16.0 Å². The highest BCUT2D eigenvalue weighted by Crippen LogP contribution is 2.30. The monoisotopic (exact) mass is 381 g/mol. The standard InChI is InChI=1S/C18H20ClNO6/c1-3-4-5-13(17(23)24)20-16(22)7-11-9(2)10-6-12(19)14(21)8-15(10)26-18(11)25/h6,8,13,21H,3-5,7H2,1-2H3,(H,20,22)(H,23,24)/t13-/m1/s1. The first kappa shape index (κ1) is 19.8. The van der Waals surface area contributed by atoms with Crippen LogP contribution < -0.4 is 10.9 Å². The van der Waals surface area contributed by atoms with E-state index in [2.05, 4.69) is 5.32 Å². The Bertz CT molecular complexity index is 905. The summed E-state index contributed by atoms with van der Waals surface area (Å²) >= 11 is 5.90. The minimum absolute atomic E-state index is 0.0929. The second kappa shape index (κ2) is 8.23. The van der Waals surface area contributed by atoms with Gasteiger partial charge in [-0.2, -0.15) is 0 Å². The van der Waals surface area contributed by atoms with E-state index in [1.54, 1.807) is 6.92 Å². The molecule has 1 heterocycles. The number of hydrogen-bond donors (Lipinski definition) is 3. The molecule has 0 unspecified atom stereocenters. The fraction of sp³-hybridized carbons (Fsp3) is 0.389. The fourth-order valence-corrected chi connectivity index (χ4v) is 2.84. The number of phenolic OH excluding ortho intramolecular Hbond substituents is 1. The van der Waals surface area contributed by atoms with Crippen molar-refractivity contribution in [2.75, 3.05) is 0 Å². The zero-order valence-corrected chi connectivity index (χ0v) is 15.2. The van der Waals surface area contributed by atoms with Gasteiger partial charge in [-0.05, 0) is 25.0 Å². The lowest BCUT2D eigenvalue weighted by atomic mass is 10.0. The van der Waals surface area contributed by atoms with Crippen molar-refractivity contribution in [1.82, 2.24) is 5.32 Å². The number of hydrogen-bond acceptors (Lipinski definition) is 5. The van der Waals surface area contributed by atoms with Crippen molar-refractivity contribution >= 4 is 34.4 Å². The predicted octanol–water partition coefficient (Wildman–Crippen LogP) is 2.76. The van der Waals surface area contributed by atoms with Crippen molar-refractivity contribution in [1.29, 1.82) is 0 Å². The Morgan fingerprint density at radius 3 is 2.65 bits per heavy atom. The van der Waals surface area contributed by atoms with Gasteiger partial charge in [0.1, 0.15) is 17.4 Å². The molecule has 1 atom stereocenters. The number of carbonyl (C=O) groups excluding carboxylic acids is 1. The van der Waals surface area contributed by atoms with E-state index in [4.69, 9.17) is 16.0 Å². The quantitative estimate of drug-likeness (QED) is 0.635. The number of carboxylic acids is 1. The molecule has 2 rings (SSSR count). The number of aryl methyl sites for hydroxylation is 1. The largest absolute Gasteiger partial charge is 0.506 e. The summed E-state index contributed by atoms with van der Waals surface area (Å²) in [6.45, 7) is 3.56. The van der Waals surface area contributed by atoms with E-state index < -0.39 is 23.5 Å². The van der Waals surface area contributed by atoms with Crippen LogP contribution in [0.4, 0.5) is 0 Å². The molecule has 0 spiro atoms. The van der Waals surface area contributed by atoms with E-state index in [0.29, 0.717) is 23.8 Å². The Labute approximate surface area is 154 Å². The first-order valence-corrected chi connectivity index (χ1v) is 8.59. The summed E-state index contributed by atoms with van der Waals surface area (Å²) in [5.74, 6) is -1.91. The molecular formula is C18H20ClNO6. The van der Waals surface area contributed by atoms with Gasteiger partial charge in [-0.15, -0.1) is 0 Å². The van der Waals surface area contributed by atoms with Gasteiger partial charge in [-0.1, -0.05) is 31.4 Å². The second-order valence-electron chi connectivity index (χ2n) is 6.07. The molecule has 8 heteroatoms. The topological polar surface area (TPSA) is 117 Å². The number of nitrogens with one attached hydrogen (secondary N) is 1. The van der Waals surface area contributed by atoms with E-state index in [0.717, 1.165) is 6.42 Å². The number of aromatic hydroxyl groups is 1. The molecular weight excluding hydrogens is 362 g/mol. The number of unbranched alkanes of at least 4 members (excludes halogenated alkanes) is 1. The summed E-state index contributed by atoms with van der Waals surface area (Å²) in [7, 11) is 0. The zero-order chi connectivity index (χ0) is 19.4. The first-order chi connectivity index (χ1) is 12.2. The lowest BCUT2D eigenvalue weighted by molar-refractivity contribution is -0.142. The highest BCUT2D eigenvalue weighted by molar-refractivity contribution is 6.32. The maximum Gasteiger partial charge on any atom is 0.340 e. The summed E-state index contributed by atoms with van der Waals surface area (Å²) in [6, 6.07) is 1.69. The van der Waals surface area contributed by atoms with Crippen molar-refractivity contribution in [2.45, 2.75) is 45.6 Å². The lowest BCUT2D eigenvalue weighted by Gasteiger charge is -2.14. The van der Waals surface area contributed by atoms with Gasteiger partial charge < -0.3 is 19.9 Å². The Hall–Kier alpha value is -2.54. The van der Waals surface area contributed by atoms with Gasteiger partial charge >= 0.3 is 11.6 Å². The molecule has 7 nitrogen and oxygen atoms in total. The Balaban J connectivity index is 2.29. The molecule has 0 fully saturated rings. The molecule has 0 bridgehead atoms. The van der Waals surface area contributed by atoms with Crippen LogP contribution in [0.15, 0.2) is 21.3 Å². The van der Waals surface area contributed by atoms with Crippen molar-refractivity contribution < 1.29 is 24.2 Å². The molecule has 0 radical (unpaired) electrons. The maximum atomic E-state index is 12.2. The molecule has 3 N–H and O–H groups in total. The lowest BCUT2D eigenvalue weighted by Crippen LogP contribution is -2.42. The van der Waals surface area contributed by atoms with E-state index in [-0.39, 0.29) is 28.3 Å². The summed E-state index contributed by atoms with van der Waals surface area (Å²) in [6.07, 6.45) is 1.48. The Morgan fingerprint density at radius 2 is 2.04 bits per heavy atom. The number of carboxylic acid groups (broad SMARTS) is 1. The van der Waals surface area contributed by atoms with Crippen LogP contribution in [0.2, 0.25) is 5.02 Å². The van der Waals surface area contributed by atoms with Crippen LogP contribution in [0.3, 0.4) is 0 Å². The first-order valence-electron chi connectivity index (χ1n) is 8.21. The number of aliphatic carboxylic acids is 1. The molecule has 0 aliphatic carbocycles. The molecule has 0 aliphatic rings. The molecule has 26 heavy (non-hydrogen) atoms. The van der Waals surface area contributed by atoms with Crippen molar-refractivity contribution in [3.63, 3.8) is 0 Å². The number of phenols is 1. The minimum atomic E-state index is -1.11. The molecule has 1 aromatic heterocycles. The third-order valence-electron chi connectivity index (χ3n) is 4.17. The van der Waals surface area contributed by atoms with E-state index >= 15 is 0 Å². The van der Waals surface area contributed by atoms with Gasteiger partial charge in [-0.25, -0.2) is 9.59 Å². The van der Waals surface area contributed by atoms with Crippen LogP contribution in [0.25, 0.3) is 11.0 Å². The van der Waals surface area contributed by atoms with Crippen molar-refractivity contribution in [3.05, 3.63) is 38.7 Å². The molecule has 1 amide bonds.